The van der Waals surface area contributed by atoms with E-state index in [9.17, 15) is 13.2 Å². The molecule has 2 aromatic rings. The Kier molecular flexibility index (Phi) is 5.15. The lowest BCUT2D eigenvalue weighted by atomic mass is 10.0. The van der Waals surface area contributed by atoms with E-state index in [1.54, 1.807) is 25.1 Å². The lowest BCUT2D eigenvalue weighted by molar-refractivity contribution is 0.102. The van der Waals surface area contributed by atoms with Gasteiger partial charge in [-0.05, 0) is 71.6 Å². The van der Waals surface area contributed by atoms with E-state index in [2.05, 4.69) is 21.2 Å². The minimum absolute atomic E-state index is 0.0662. The molecule has 1 aliphatic heterocycles. The van der Waals surface area contributed by atoms with Gasteiger partial charge in [-0.15, -0.1) is 0 Å². The van der Waals surface area contributed by atoms with Crippen LogP contribution in [0, 0.1) is 0 Å². The Morgan fingerprint density at radius 1 is 1.24 bits per heavy atom. The van der Waals surface area contributed by atoms with Crippen LogP contribution in [-0.2, 0) is 16.4 Å². The molecule has 0 aromatic heterocycles. The van der Waals surface area contributed by atoms with Gasteiger partial charge in [0.05, 0.1) is 17.1 Å². The number of halogens is 1. The molecular weight excluding hydrogens is 404 g/mol. The van der Waals surface area contributed by atoms with E-state index in [1.807, 2.05) is 24.3 Å². The molecule has 5 nitrogen and oxygen atoms in total. The molecule has 0 bridgehead atoms. The Labute approximate surface area is 156 Å². The molecule has 25 heavy (non-hydrogen) atoms. The van der Waals surface area contributed by atoms with Gasteiger partial charge in [-0.25, -0.2) is 8.42 Å². The molecule has 132 valence electrons. The van der Waals surface area contributed by atoms with E-state index in [-0.39, 0.29) is 11.7 Å². The van der Waals surface area contributed by atoms with Gasteiger partial charge in [-0.2, -0.15) is 0 Å². The van der Waals surface area contributed by atoms with Crippen molar-refractivity contribution in [3.05, 3.63) is 58.1 Å². The third-order valence-corrected chi connectivity index (χ3v) is 6.71. The Morgan fingerprint density at radius 3 is 2.72 bits per heavy atom. The lowest BCUT2D eigenvalue weighted by Gasteiger charge is -2.30. The number of para-hydroxylation sites is 1. The van der Waals surface area contributed by atoms with Crippen LogP contribution in [0.5, 0.6) is 0 Å². The second kappa shape index (κ2) is 7.17. The molecule has 1 amide bonds. The molecule has 1 aliphatic rings. The fourth-order valence-corrected chi connectivity index (χ4v) is 4.49. The SMILES string of the molecule is CCS(=O)(=O)N1CCCc2cc(C(=O)Nc3ccccc3Br)ccc21. The quantitative estimate of drug-likeness (QED) is 0.814. The fraction of sp³-hybridized carbons (Fsp3) is 0.278. The van der Waals surface area contributed by atoms with Gasteiger partial charge in [0.25, 0.3) is 5.91 Å². The fourth-order valence-electron chi connectivity index (χ4n) is 2.91. The number of amides is 1. The van der Waals surface area contributed by atoms with Gasteiger partial charge in [-0.1, -0.05) is 12.1 Å². The Morgan fingerprint density at radius 2 is 2.00 bits per heavy atom. The Balaban J connectivity index is 1.88. The normalized spacial score (nSPS) is 14.1. The summed E-state index contributed by atoms with van der Waals surface area (Å²) in [7, 11) is -3.30. The summed E-state index contributed by atoms with van der Waals surface area (Å²) in [4.78, 5) is 12.5. The van der Waals surface area contributed by atoms with Crippen LogP contribution in [0.3, 0.4) is 0 Å². The molecule has 0 aliphatic carbocycles. The molecule has 1 N–H and O–H groups in total. The molecule has 0 radical (unpaired) electrons. The molecule has 0 atom stereocenters. The summed E-state index contributed by atoms with van der Waals surface area (Å²) >= 11 is 3.41. The van der Waals surface area contributed by atoms with Crippen molar-refractivity contribution in [2.24, 2.45) is 0 Å². The molecule has 3 rings (SSSR count). The summed E-state index contributed by atoms with van der Waals surface area (Å²) in [6.07, 6.45) is 1.52. The number of anilines is 2. The molecule has 2 aromatic carbocycles. The number of aryl methyl sites for hydroxylation is 1. The van der Waals surface area contributed by atoms with E-state index in [4.69, 9.17) is 0 Å². The van der Waals surface area contributed by atoms with Crippen molar-refractivity contribution < 1.29 is 13.2 Å². The number of hydrogen-bond acceptors (Lipinski definition) is 3. The minimum atomic E-state index is -3.30. The van der Waals surface area contributed by atoms with Crippen molar-refractivity contribution in [2.45, 2.75) is 19.8 Å². The standard InChI is InChI=1S/C18H19BrN2O3S/c1-2-25(23,24)21-11-5-6-13-12-14(9-10-17(13)21)18(22)20-16-8-4-3-7-15(16)19/h3-4,7-10,12H,2,5-6,11H2,1H3,(H,20,22). The predicted molar refractivity (Wildman–Crippen MR) is 104 cm³/mol. The number of benzene rings is 2. The van der Waals surface area contributed by atoms with Gasteiger partial charge in [0.2, 0.25) is 10.0 Å². The van der Waals surface area contributed by atoms with E-state index < -0.39 is 10.0 Å². The second-order valence-electron chi connectivity index (χ2n) is 5.85. The summed E-state index contributed by atoms with van der Waals surface area (Å²) < 4.78 is 26.8. The highest BCUT2D eigenvalue weighted by Gasteiger charge is 2.26. The van der Waals surface area contributed by atoms with E-state index >= 15 is 0 Å². The number of nitrogens with one attached hydrogen (secondary N) is 1. The maximum atomic E-state index is 12.5. The highest BCUT2D eigenvalue weighted by Crippen LogP contribution is 2.31. The summed E-state index contributed by atoms with van der Waals surface area (Å²) in [5.41, 5.74) is 2.79. The van der Waals surface area contributed by atoms with Gasteiger partial charge in [0.1, 0.15) is 0 Å². The van der Waals surface area contributed by atoms with Crippen LogP contribution in [0.1, 0.15) is 29.3 Å². The predicted octanol–water partition coefficient (Wildman–Crippen LogP) is 3.80. The van der Waals surface area contributed by atoms with Crippen molar-refractivity contribution in [1.29, 1.82) is 0 Å². The van der Waals surface area contributed by atoms with Crippen LogP contribution in [-0.4, -0.2) is 26.6 Å². The van der Waals surface area contributed by atoms with Crippen LogP contribution in [0.25, 0.3) is 0 Å². The number of hydrogen-bond donors (Lipinski definition) is 1. The van der Waals surface area contributed by atoms with Gasteiger partial charge in [0.15, 0.2) is 0 Å². The molecule has 0 saturated carbocycles. The van der Waals surface area contributed by atoms with Crippen LogP contribution in [0.2, 0.25) is 0 Å². The average Bonchev–Trinajstić information content (AvgIpc) is 2.62. The first-order valence-corrected chi connectivity index (χ1v) is 10.5. The van der Waals surface area contributed by atoms with Crippen molar-refractivity contribution in [2.75, 3.05) is 21.9 Å². The van der Waals surface area contributed by atoms with Gasteiger partial charge < -0.3 is 5.32 Å². The largest absolute Gasteiger partial charge is 0.321 e. The van der Waals surface area contributed by atoms with Crippen LogP contribution < -0.4 is 9.62 Å². The highest BCUT2D eigenvalue weighted by molar-refractivity contribution is 9.10. The molecule has 0 fully saturated rings. The summed E-state index contributed by atoms with van der Waals surface area (Å²) in [5, 5.41) is 2.87. The van der Waals surface area contributed by atoms with E-state index in [1.165, 1.54) is 4.31 Å². The lowest BCUT2D eigenvalue weighted by Crippen LogP contribution is -2.36. The molecule has 0 unspecified atom stereocenters. The topological polar surface area (TPSA) is 66.5 Å². The zero-order valence-electron chi connectivity index (χ0n) is 13.8. The first-order valence-electron chi connectivity index (χ1n) is 8.11. The molecule has 7 heteroatoms. The number of carbonyl (C=O) groups excluding carboxylic acids is 1. The maximum Gasteiger partial charge on any atom is 0.255 e. The highest BCUT2D eigenvalue weighted by atomic mass is 79.9. The molecule has 1 heterocycles. The number of fused-ring (bicyclic) bond motifs is 1. The Bertz CT molecular complexity index is 912. The number of sulfonamides is 1. The zero-order valence-corrected chi connectivity index (χ0v) is 16.2. The zero-order chi connectivity index (χ0) is 18.0. The summed E-state index contributed by atoms with van der Waals surface area (Å²) in [5.74, 6) is -0.151. The molecule has 0 spiro atoms. The van der Waals surface area contributed by atoms with Crippen molar-refractivity contribution >= 4 is 43.2 Å². The smallest absolute Gasteiger partial charge is 0.255 e. The first-order chi connectivity index (χ1) is 11.9. The molecular formula is C18H19BrN2O3S. The van der Waals surface area contributed by atoms with Crippen LogP contribution >= 0.6 is 15.9 Å². The van der Waals surface area contributed by atoms with Crippen LogP contribution in [0.15, 0.2) is 46.9 Å². The second-order valence-corrected chi connectivity index (χ2v) is 8.89. The average molecular weight is 423 g/mol. The number of nitrogens with zero attached hydrogens (tertiary/aromatic N) is 1. The minimum Gasteiger partial charge on any atom is -0.321 e. The first kappa shape index (κ1) is 17.9. The molecule has 0 saturated heterocycles. The van der Waals surface area contributed by atoms with Gasteiger partial charge >= 0.3 is 0 Å². The maximum absolute atomic E-state index is 12.5. The van der Waals surface area contributed by atoms with E-state index in [0.29, 0.717) is 23.5 Å². The summed E-state index contributed by atoms with van der Waals surface area (Å²) in [6, 6.07) is 12.6. The van der Waals surface area contributed by atoms with Crippen molar-refractivity contribution in [3.8, 4) is 0 Å². The van der Waals surface area contributed by atoms with E-state index in [0.717, 1.165) is 22.9 Å². The number of rotatable bonds is 4. The monoisotopic (exact) mass is 422 g/mol. The van der Waals surface area contributed by atoms with Crippen LogP contribution in [0.4, 0.5) is 11.4 Å². The van der Waals surface area contributed by atoms with Gasteiger partial charge in [0, 0.05) is 16.6 Å². The third-order valence-electron chi connectivity index (χ3n) is 4.24. The van der Waals surface area contributed by atoms with Gasteiger partial charge in [-0.3, -0.25) is 9.10 Å². The van der Waals surface area contributed by atoms with Crippen molar-refractivity contribution in [3.63, 3.8) is 0 Å². The number of carbonyl (C=O) groups is 1. The summed E-state index contributed by atoms with van der Waals surface area (Å²) in [6.45, 7) is 2.13. The van der Waals surface area contributed by atoms with Crippen molar-refractivity contribution in [1.82, 2.24) is 0 Å². The Hall–Kier alpha value is -1.86. The third kappa shape index (κ3) is 3.72.